The second kappa shape index (κ2) is 3.05. The van der Waals surface area contributed by atoms with E-state index in [4.69, 9.17) is 19.4 Å². The third kappa shape index (κ3) is 1.60. The zero-order valence-electron chi connectivity index (χ0n) is 5.47. The Labute approximate surface area is 69.6 Å². The Morgan fingerprint density at radius 1 is 1.55 bits per heavy atom. The van der Waals surface area contributed by atoms with Crippen molar-refractivity contribution in [1.82, 2.24) is 0 Å². The first kappa shape index (κ1) is 8.27. The van der Waals surface area contributed by atoms with Crippen molar-refractivity contribution < 1.29 is 9.18 Å². The summed E-state index contributed by atoms with van der Waals surface area (Å²) in [5.74, 6) is -0.636. The van der Waals surface area contributed by atoms with E-state index in [0.29, 0.717) is 0 Å². The number of halogens is 2. The van der Waals surface area contributed by atoms with Gasteiger partial charge in [-0.15, -0.1) is 0 Å². The van der Waals surface area contributed by atoms with Gasteiger partial charge in [-0.25, -0.2) is 4.39 Å². The number of hydrogen-bond donors (Lipinski definition) is 0. The summed E-state index contributed by atoms with van der Waals surface area (Å²) in [6.45, 7) is 0. The Hall–Kier alpha value is -0.825. The fourth-order valence-electron chi connectivity index (χ4n) is 0.694. The van der Waals surface area contributed by atoms with E-state index in [0.717, 1.165) is 6.07 Å². The Morgan fingerprint density at radius 2 is 2.18 bits per heavy atom. The lowest BCUT2D eigenvalue weighted by molar-refractivity contribution is 0.108. The molecule has 0 saturated heterocycles. The molecule has 1 nitrogen and oxygen atoms in total. The lowest BCUT2D eigenvalue weighted by Crippen LogP contribution is -1.99. The van der Waals surface area contributed by atoms with Crippen molar-refractivity contribution in [1.29, 1.82) is 0 Å². The van der Waals surface area contributed by atoms with E-state index in [1.807, 2.05) is 0 Å². The molecule has 4 heteroatoms. The van der Waals surface area contributed by atoms with Crippen LogP contribution < -0.4 is 0 Å². The van der Waals surface area contributed by atoms with E-state index in [1.165, 1.54) is 12.1 Å². The van der Waals surface area contributed by atoms with E-state index in [-0.39, 0.29) is 10.6 Å². The van der Waals surface area contributed by atoms with Gasteiger partial charge < -0.3 is 4.79 Å². The molecule has 0 fully saturated rings. The molecule has 11 heavy (non-hydrogen) atoms. The van der Waals surface area contributed by atoms with Crippen LogP contribution in [0.4, 0.5) is 4.39 Å². The Balaban J connectivity index is 3.27. The van der Waals surface area contributed by atoms with Crippen molar-refractivity contribution in [2.24, 2.45) is 0 Å². The highest BCUT2D eigenvalue weighted by atomic mass is 35.5. The highest BCUT2D eigenvalue weighted by molar-refractivity contribution is 6.63. The summed E-state index contributed by atoms with van der Waals surface area (Å²) < 4.78 is 12.6. The summed E-state index contributed by atoms with van der Waals surface area (Å²) in [4.78, 5) is 10.5. The number of rotatable bonds is 1. The minimum atomic E-state index is -0.727. The molecule has 0 unspecified atom stereocenters. The third-order valence-electron chi connectivity index (χ3n) is 1.22. The van der Waals surface area contributed by atoms with Crippen molar-refractivity contribution in [2.75, 3.05) is 0 Å². The van der Waals surface area contributed by atoms with E-state index >= 15 is 0 Å². The van der Waals surface area contributed by atoms with Crippen LogP contribution in [0.1, 0.15) is 10.4 Å². The molecule has 54 valence electrons. The van der Waals surface area contributed by atoms with Gasteiger partial charge in [0.1, 0.15) is 11.5 Å². The number of benzene rings is 1. The highest BCUT2D eigenvalue weighted by Gasteiger charge is 2.07. The van der Waals surface area contributed by atoms with E-state index in [2.05, 4.69) is 0 Å². The van der Waals surface area contributed by atoms with Crippen LogP contribution in [0.2, 0.25) is 5.02 Å². The minimum Gasteiger partial charge on any atom is -0.307 e. The van der Waals surface area contributed by atoms with Crippen LogP contribution in [0.3, 0.4) is 0 Å². The Bertz CT molecular complexity index is 300. The SMILES string of the molecule is [B]C(=O)c1cccc(F)c1Cl. The molecule has 0 heterocycles. The van der Waals surface area contributed by atoms with Crippen molar-refractivity contribution in [2.45, 2.75) is 0 Å². The van der Waals surface area contributed by atoms with Crippen molar-refractivity contribution in [3.8, 4) is 0 Å². The van der Waals surface area contributed by atoms with Crippen LogP contribution >= 0.6 is 11.6 Å². The molecule has 0 bridgehead atoms. The van der Waals surface area contributed by atoms with Gasteiger partial charge in [0.05, 0.1) is 5.02 Å². The highest BCUT2D eigenvalue weighted by Crippen LogP contribution is 2.18. The lowest BCUT2D eigenvalue weighted by Gasteiger charge is -1.98. The van der Waals surface area contributed by atoms with E-state index < -0.39 is 11.5 Å². The fraction of sp³-hybridized carbons (Fsp3) is 0. The molecular weight excluding hydrogens is 165 g/mol. The second-order valence-corrected chi connectivity index (χ2v) is 2.34. The first-order valence-electron chi connectivity index (χ1n) is 2.86. The molecule has 0 aromatic heterocycles. The largest absolute Gasteiger partial charge is 0.307 e. The zero-order chi connectivity index (χ0) is 8.43. The summed E-state index contributed by atoms with van der Waals surface area (Å²) in [6.07, 6.45) is 0. The van der Waals surface area contributed by atoms with Gasteiger partial charge in [-0.05, 0) is 6.07 Å². The van der Waals surface area contributed by atoms with Gasteiger partial charge in [0.2, 0.25) is 0 Å². The number of hydrogen-bond acceptors (Lipinski definition) is 1. The summed E-state index contributed by atoms with van der Waals surface area (Å²) in [5, 5.41) is -0.222. The molecule has 0 spiro atoms. The summed E-state index contributed by atoms with van der Waals surface area (Å²) in [5.41, 5.74) is -0.721. The summed E-state index contributed by atoms with van der Waals surface area (Å²) in [7, 11) is 4.89. The van der Waals surface area contributed by atoms with Crippen molar-refractivity contribution in [3.63, 3.8) is 0 Å². The summed E-state index contributed by atoms with van der Waals surface area (Å²) >= 11 is 5.41. The average Bonchev–Trinajstić information content (AvgIpc) is 1.94. The van der Waals surface area contributed by atoms with Gasteiger partial charge in [-0.3, -0.25) is 0 Å². The Kier molecular flexibility index (Phi) is 2.30. The quantitative estimate of drug-likeness (QED) is 0.584. The maximum absolute atomic E-state index is 12.6. The van der Waals surface area contributed by atoms with Gasteiger partial charge in [-0.2, -0.15) is 0 Å². The van der Waals surface area contributed by atoms with Gasteiger partial charge >= 0.3 is 0 Å². The van der Waals surface area contributed by atoms with Crippen LogP contribution in [0.5, 0.6) is 0 Å². The first-order chi connectivity index (χ1) is 5.13. The lowest BCUT2D eigenvalue weighted by atomic mass is 9.95. The smallest absolute Gasteiger partial charge is 0.175 e. The molecule has 0 aliphatic carbocycles. The average molecular weight is 168 g/mol. The van der Waals surface area contributed by atoms with Crippen LogP contribution in [-0.2, 0) is 0 Å². The van der Waals surface area contributed by atoms with E-state index in [1.54, 1.807) is 0 Å². The normalized spacial score (nSPS) is 9.64. The third-order valence-corrected chi connectivity index (χ3v) is 1.60. The maximum atomic E-state index is 12.6. The molecule has 0 amide bonds. The first-order valence-corrected chi connectivity index (χ1v) is 3.24. The predicted molar refractivity (Wildman–Crippen MR) is 41.5 cm³/mol. The molecule has 1 rings (SSSR count). The molecule has 0 aliphatic rings. The predicted octanol–water partition coefficient (Wildman–Crippen LogP) is 1.79. The van der Waals surface area contributed by atoms with Gasteiger partial charge in [-0.1, -0.05) is 23.7 Å². The number of carbonyl (C=O) groups excluding carboxylic acids is 1. The van der Waals surface area contributed by atoms with Crippen molar-refractivity contribution in [3.05, 3.63) is 34.6 Å². The molecule has 0 atom stereocenters. The number of carbonyl (C=O) groups is 1. The van der Waals surface area contributed by atoms with Crippen LogP contribution in [-0.4, -0.2) is 13.5 Å². The standard InChI is InChI=1S/C7H3BClFO/c8-7(11)4-2-1-3-5(10)6(4)9/h1-3H. The summed E-state index contributed by atoms with van der Waals surface area (Å²) in [6, 6.07) is 3.91. The molecule has 0 N–H and O–H groups in total. The monoisotopic (exact) mass is 168 g/mol. The van der Waals surface area contributed by atoms with E-state index in [9.17, 15) is 9.18 Å². The zero-order valence-corrected chi connectivity index (χ0v) is 6.23. The Morgan fingerprint density at radius 3 is 2.64 bits per heavy atom. The molecule has 1 aromatic carbocycles. The minimum absolute atomic E-state index is 0.00617. The molecule has 0 saturated carbocycles. The van der Waals surface area contributed by atoms with Crippen LogP contribution in [0.25, 0.3) is 0 Å². The van der Waals surface area contributed by atoms with Crippen LogP contribution in [0.15, 0.2) is 18.2 Å². The van der Waals surface area contributed by atoms with Gasteiger partial charge in [0, 0.05) is 5.56 Å². The van der Waals surface area contributed by atoms with Crippen LogP contribution in [0, 0.1) is 5.82 Å². The van der Waals surface area contributed by atoms with Gasteiger partial charge in [0.15, 0.2) is 7.85 Å². The molecule has 0 aliphatic heterocycles. The second-order valence-electron chi connectivity index (χ2n) is 1.97. The fourth-order valence-corrected chi connectivity index (χ4v) is 0.913. The molecule has 2 radical (unpaired) electrons. The maximum Gasteiger partial charge on any atom is 0.175 e. The molecular formula is C7H3BClFO. The topological polar surface area (TPSA) is 17.1 Å². The molecule has 1 aromatic rings. The van der Waals surface area contributed by atoms with Crippen molar-refractivity contribution >= 4 is 25.1 Å². The van der Waals surface area contributed by atoms with Gasteiger partial charge in [0.25, 0.3) is 0 Å².